The van der Waals surface area contributed by atoms with E-state index in [1.165, 1.54) is 0 Å². The van der Waals surface area contributed by atoms with Gasteiger partial charge >= 0.3 is 0 Å². The van der Waals surface area contributed by atoms with Crippen LogP contribution in [0.1, 0.15) is 18.4 Å². The molecule has 1 aliphatic heterocycles. The van der Waals surface area contributed by atoms with Crippen LogP contribution in [0.2, 0.25) is 10.0 Å². The van der Waals surface area contributed by atoms with Crippen LogP contribution >= 0.6 is 23.2 Å². The minimum absolute atomic E-state index is 0.312. The molecule has 7 heteroatoms. The van der Waals surface area contributed by atoms with E-state index in [0.29, 0.717) is 12.0 Å². The van der Waals surface area contributed by atoms with E-state index in [1.807, 2.05) is 43.3 Å². The summed E-state index contributed by atoms with van der Waals surface area (Å²) in [6.07, 6.45) is 4.00. The molecule has 3 rings (SSSR count). The molecule has 5 nitrogen and oxygen atoms in total. The fourth-order valence-electron chi connectivity index (χ4n) is 3.07. The van der Waals surface area contributed by atoms with Crippen LogP contribution in [-0.4, -0.2) is 48.1 Å². The molecule has 1 fully saturated rings. The van der Waals surface area contributed by atoms with Crippen molar-refractivity contribution in [3.63, 3.8) is 0 Å². The zero-order chi connectivity index (χ0) is 17.8. The van der Waals surface area contributed by atoms with Crippen LogP contribution in [0.5, 0.6) is 0 Å². The maximum atomic E-state index is 6.31. The van der Waals surface area contributed by atoms with Crippen molar-refractivity contribution in [2.45, 2.75) is 25.4 Å². The van der Waals surface area contributed by atoms with Gasteiger partial charge in [-0.2, -0.15) is 4.98 Å². The number of likely N-dealkylation sites (tertiary alicyclic amines) is 1. The molecule has 1 aromatic carbocycles. The van der Waals surface area contributed by atoms with Crippen LogP contribution in [0.3, 0.4) is 0 Å². The summed E-state index contributed by atoms with van der Waals surface area (Å²) in [7, 11) is 3.95. The summed E-state index contributed by atoms with van der Waals surface area (Å²) in [5.41, 5.74) is 0.998. The standard InChI is InChI=1S/C18H23Cl2N5/c1-24(2)17-8-9-21-18(23-17)22-13-5-4-10-25(11-13)12-14-15(19)6-3-7-16(14)20/h3,6-9,13H,4-5,10-12H2,1-2H3,(H,21,22,23). The summed E-state index contributed by atoms with van der Waals surface area (Å²) >= 11 is 12.6. The van der Waals surface area contributed by atoms with Gasteiger partial charge in [0.25, 0.3) is 0 Å². The molecule has 1 aliphatic rings. The summed E-state index contributed by atoms with van der Waals surface area (Å²) in [6.45, 7) is 2.71. The maximum Gasteiger partial charge on any atom is 0.224 e. The second-order valence-electron chi connectivity index (χ2n) is 6.55. The molecule has 2 heterocycles. The van der Waals surface area contributed by atoms with Gasteiger partial charge in [-0.3, -0.25) is 4.90 Å². The van der Waals surface area contributed by atoms with Crippen molar-refractivity contribution >= 4 is 35.0 Å². The average molecular weight is 380 g/mol. The second-order valence-corrected chi connectivity index (χ2v) is 7.37. The first-order valence-electron chi connectivity index (χ1n) is 8.45. The van der Waals surface area contributed by atoms with Gasteiger partial charge in [-0.25, -0.2) is 4.98 Å². The summed E-state index contributed by atoms with van der Waals surface area (Å²) in [4.78, 5) is 13.2. The lowest BCUT2D eigenvalue weighted by atomic mass is 10.0. The Morgan fingerprint density at radius 3 is 2.72 bits per heavy atom. The predicted octanol–water partition coefficient (Wildman–Crippen LogP) is 3.93. The van der Waals surface area contributed by atoms with E-state index < -0.39 is 0 Å². The van der Waals surface area contributed by atoms with Crippen molar-refractivity contribution in [2.75, 3.05) is 37.4 Å². The van der Waals surface area contributed by atoms with Gasteiger partial charge in [0.2, 0.25) is 5.95 Å². The molecule has 1 saturated heterocycles. The van der Waals surface area contributed by atoms with Crippen LogP contribution in [-0.2, 0) is 6.54 Å². The normalized spacial score (nSPS) is 18.2. The number of hydrogen-bond donors (Lipinski definition) is 1. The van der Waals surface area contributed by atoms with E-state index >= 15 is 0 Å². The summed E-state index contributed by atoms with van der Waals surface area (Å²) < 4.78 is 0. The molecule has 0 amide bonds. The number of nitrogens with one attached hydrogen (secondary N) is 1. The molecule has 0 spiro atoms. The van der Waals surface area contributed by atoms with E-state index in [4.69, 9.17) is 23.2 Å². The number of hydrogen-bond acceptors (Lipinski definition) is 5. The van der Waals surface area contributed by atoms with Crippen LogP contribution in [0.25, 0.3) is 0 Å². The van der Waals surface area contributed by atoms with Gasteiger partial charge in [-0.15, -0.1) is 0 Å². The van der Waals surface area contributed by atoms with Crippen molar-refractivity contribution in [1.29, 1.82) is 0 Å². The lowest BCUT2D eigenvalue weighted by Crippen LogP contribution is -2.42. The first-order chi connectivity index (χ1) is 12.0. The zero-order valence-corrected chi connectivity index (χ0v) is 16.1. The monoisotopic (exact) mass is 379 g/mol. The third-order valence-electron chi connectivity index (χ3n) is 4.38. The summed E-state index contributed by atoms with van der Waals surface area (Å²) in [5.74, 6) is 1.57. The minimum Gasteiger partial charge on any atom is -0.363 e. The van der Waals surface area contributed by atoms with E-state index in [-0.39, 0.29) is 0 Å². The largest absolute Gasteiger partial charge is 0.363 e. The number of benzene rings is 1. The molecule has 0 radical (unpaired) electrons. The highest BCUT2D eigenvalue weighted by Crippen LogP contribution is 2.27. The van der Waals surface area contributed by atoms with Gasteiger partial charge in [0.05, 0.1) is 0 Å². The Balaban J connectivity index is 1.64. The fraction of sp³-hybridized carbons (Fsp3) is 0.444. The molecule has 134 valence electrons. The number of aromatic nitrogens is 2. The lowest BCUT2D eigenvalue weighted by Gasteiger charge is -2.33. The van der Waals surface area contributed by atoms with Crippen LogP contribution in [0, 0.1) is 0 Å². The van der Waals surface area contributed by atoms with Gasteiger partial charge in [0.15, 0.2) is 0 Å². The molecule has 1 aromatic heterocycles. The van der Waals surface area contributed by atoms with Crippen LogP contribution < -0.4 is 10.2 Å². The molecular weight excluding hydrogens is 357 g/mol. The number of halogens is 2. The first kappa shape index (κ1) is 18.2. The molecule has 0 saturated carbocycles. The van der Waals surface area contributed by atoms with Crippen molar-refractivity contribution in [3.8, 4) is 0 Å². The molecule has 2 aromatic rings. The van der Waals surface area contributed by atoms with Gasteiger partial charge in [-0.05, 0) is 37.6 Å². The molecule has 0 bridgehead atoms. The van der Waals surface area contributed by atoms with E-state index in [1.54, 1.807) is 6.20 Å². The van der Waals surface area contributed by atoms with Crippen LogP contribution in [0.15, 0.2) is 30.5 Å². The molecule has 1 unspecified atom stereocenters. The Bertz CT molecular complexity index is 702. The van der Waals surface area contributed by atoms with Gasteiger partial charge in [-0.1, -0.05) is 29.3 Å². The Morgan fingerprint density at radius 1 is 1.24 bits per heavy atom. The highest BCUT2D eigenvalue weighted by atomic mass is 35.5. The Hall–Kier alpha value is -1.56. The fourth-order valence-corrected chi connectivity index (χ4v) is 3.59. The Morgan fingerprint density at radius 2 is 2.00 bits per heavy atom. The predicted molar refractivity (Wildman–Crippen MR) is 105 cm³/mol. The topological polar surface area (TPSA) is 44.3 Å². The van der Waals surface area contributed by atoms with Gasteiger partial charge in [0, 0.05) is 55.0 Å². The average Bonchev–Trinajstić information content (AvgIpc) is 2.59. The molecule has 1 atom stereocenters. The summed E-state index contributed by atoms with van der Waals surface area (Å²) in [6, 6.07) is 7.88. The Labute approximate surface area is 159 Å². The molecule has 1 N–H and O–H groups in total. The van der Waals surface area contributed by atoms with Crippen molar-refractivity contribution in [1.82, 2.24) is 14.9 Å². The Kier molecular flexibility index (Phi) is 5.99. The van der Waals surface area contributed by atoms with Crippen LogP contribution in [0.4, 0.5) is 11.8 Å². The van der Waals surface area contributed by atoms with E-state index in [9.17, 15) is 0 Å². The number of nitrogens with zero attached hydrogens (tertiary/aromatic N) is 4. The second kappa shape index (κ2) is 8.21. The smallest absolute Gasteiger partial charge is 0.224 e. The van der Waals surface area contributed by atoms with Crippen molar-refractivity contribution in [3.05, 3.63) is 46.1 Å². The van der Waals surface area contributed by atoms with Crippen molar-refractivity contribution in [2.24, 2.45) is 0 Å². The first-order valence-corrected chi connectivity index (χ1v) is 9.20. The molecular formula is C18H23Cl2N5. The van der Waals surface area contributed by atoms with E-state index in [0.717, 1.165) is 53.9 Å². The lowest BCUT2D eigenvalue weighted by molar-refractivity contribution is 0.208. The van der Waals surface area contributed by atoms with Gasteiger partial charge < -0.3 is 10.2 Å². The molecule has 25 heavy (non-hydrogen) atoms. The summed E-state index contributed by atoms with van der Waals surface area (Å²) in [5, 5.41) is 4.92. The zero-order valence-electron chi connectivity index (χ0n) is 14.5. The van der Waals surface area contributed by atoms with Crippen molar-refractivity contribution < 1.29 is 0 Å². The number of piperidine rings is 1. The third-order valence-corrected chi connectivity index (χ3v) is 5.09. The quantitative estimate of drug-likeness (QED) is 0.852. The van der Waals surface area contributed by atoms with Gasteiger partial charge in [0.1, 0.15) is 5.82 Å². The molecule has 0 aliphatic carbocycles. The van der Waals surface area contributed by atoms with E-state index in [2.05, 4.69) is 20.2 Å². The minimum atomic E-state index is 0.312. The SMILES string of the molecule is CN(C)c1ccnc(NC2CCCN(Cc3c(Cl)cccc3Cl)C2)n1. The highest BCUT2D eigenvalue weighted by molar-refractivity contribution is 6.35. The third kappa shape index (κ3) is 4.75. The number of rotatable bonds is 5. The number of anilines is 2. The highest BCUT2D eigenvalue weighted by Gasteiger charge is 2.22. The maximum absolute atomic E-state index is 6.31.